The van der Waals surface area contributed by atoms with E-state index in [1.807, 2.05) is 31.2 Å². The molecule has 4 rings (SSSR count). The number of carbonyl (C=O) groups is 1. The van der Waals surface area contributed by atoms with Crippen LogP contribution in [0.3, 0.4) is 0 Å². The number of benzene rings is 1. The average Bonchev–Trinajstić information content (AvgIpc) is 3.03. The lowest BCUT2D eigenvalue weighted by molar-refractivity contribution is 0.0487. The molecule has 140 valence electrons. The van der Waals surface area contributed by atoms with Crippen LogP contribution >= 0.6 is 11.6 Å². The van der Waals surface area contributed by atoms with E-state index in [0.29, 0.717) is 41.7 Å². The maximum Gasteiger partial charge on any atom is 0.257 e. The van der Waals surface area contributed by atoms with Crippen molar-refractivity contribution in [3.63, 3.8) is 0 Å². The van der Waals surface area contributed by atoms with Crippen molar-refractivity contribution in [3.05, 3.63) is 64.6 Å². The molecule has 0 aliphatic carbocycles. The number of rotatable bonds is 4. The smallest absolute Gasteiger partial charge is 0.257 e. The largest absolute Gasteiger partial charge is 0.381 e. The Labute approximate surface area is 162 Å². The number of hydrogen-bond acceptors (Lipinski definition) is 4. The Kier molecular flexibility index (Phi) is 4.85. The molecule has 0 unspecified atom stereocenters. The number of halogens is 1. The number of ether oxygens (including phenoxy) is 1. The van der Waals surface area contributed by atoms with Crippen LogP contribution in [0.5, 0.6) is 0 Å². The Bertz CT molecular complexity index is 962. The molecule has 1 aliphatic heterocycles. The van der Waals surface area contributed by atoms with Gasteiger partial charge in [-0.15, -0.1) is 0 Å². The SMILES string of the molecule is Cc1nn2cccnc2c1C(=O)NCC1(c2ccc(Cl)cc2)CCOCC1. The molecule has 0 spiro atoms. The summed E-state index contributed by atoms with van der Waals surface area (Å²) in [5.41, 5.74) is 2.76. The van der Waals surface area contributed by atoms with Gasteiger partial charge in [0.05, 0.1) is 5.69 Å². The molecule has 0 radical (unpaired) electrons. The van der Waals surface area contributed by atoms with Crippen molar-refractivity contribution in [2.24, 2.45) is 0 Å². The number of nitrogens with zero attached hydrogens (tertiary/aromatic N) is 3. The summed E-state index contributed by atoms with van der Waals surface area (Å²) in [5.74, 6) is -0.152. The van der Waals surface area contributed by atoms with Gasteiger partial charge >= 0.3 is 0 Å². The highest BCUT2D eigenvalue weighted by Gasteiger charge is 2.35. The average molecular weight is 385 g/mol. The molecule has 1 aliphatic rings. The topological polar surface area (TPSA) is 68.5 Å². The monoisotopic (exact) mass is 384 g/mol. The van der Waals surface area contributed by atoms with Gasteiger partial charge in [0.2, 0.25) is 0 Å². The Balaban J connectivity index is 1.60. The number of fused-ring (bicyclic) bond motifs is 1. The molecule has 6 nitrogen and oxygen atoms in total. The van der Waals surface area contributed by atoms with Crippen molar-refractivity contribution in [2.45, 2.75) is 25.2 Å². The number of hydrogen-bond donors (Lipinski definition) is 1. The molecule has 1 saturated heterocycles. The fraction of sp³-hybridized carbons (Fsp3) is 0.350. The molecule has 1 N–H and O–H groups in total. The Hall–Kier alpha value is -2.44. The lowest BCUT2D eigenvalue weighted by Gasteiger charge is -2.38. The summed E-state index contributed by atoms with van der Waals surface area (Å²) in [6, 6.07) is 9.67. The Morgan fingerprint density at radius 2 is 2.04 bits per heavy atom. The minimum Gasteiger partial charge on any atom is -0.381 e. The van der Waals surface area contributed by atoms with E-state index in [2.05, 4.69) is 15.4 Å². The highest BCUT2D eigenvalue weighted by Crippen LogP contribution is 2.35. The molecule has 2 aromatic heterocycles. The summed E-state index contributed by atoms with van der Waals surface area (Å²) < 4.78 is 7.20. The third kappa shape index (κ3) is 3.42. The molecule has 0 atom stereocenters. The van der Waals surface area contributed by atoms with Crippen LogP contribution in [0.1, 0.15) is 34.5 Å². The Morgan fingerprint density at radius 3 is 2.78 bits per heavy atom. The standard InChI is InChI=1S/C20H21ClN4O2/c1-14-17(18-22-9-2-10-25(18)24-14)19(26)23-13-20(7-11-27-12-8-20)15-3-5-16(21)6-4-15/h2-6,9-10H,7-8,11-13H2,1H3,(H,23,26). The van der Waals surface area contributed by atoms with E-state index < -0.39 is 0 Å². The van der Waals surface area contributed by atoms with Crippen molar-refractivity contribution in [1.29, 1.82) is 0 Å². The van der Waals surface area contributed by atoms with Crippen LogP contribution < -0.4 is 5.32 Å². The number of aromatic nitrogens is 3. The first-order valence-corrected chi connectivity index (χ1v) is 9.39. The molecule has 27 heavy (non-hydrogen) atoms. The summed E-state index contributed by atoms with van der Waals surface area (Å²) in [4.78, 5) is 17.3. The van der Waals surface area contributed by atoms with E-state index >= 15 is 0 Å². The quantitative estimate of drug-likeness (QED) is 0.750. The Morgan fingerprint density at radius 1 is 1.30 bits per heavy atom. The van der Waals surface area contributed by atoms with Crippen molar-refractivity contribution >= 4 is 23.2 Å². The lowest BCUT2D eigenvalue weighted by atomic mass is 9.74. The first-order chi connectivity index (χ1) is 13.1. The van der Waals surface area contributed by atoms with Crippen molar-refractivity contribution in [3.8, 4) is 0 Å². The summed E-state index contributed by atoms with van der Waals surface area (Å²) >= 11 is 6.05. The first kappa shape index (κ1) is 17.9. The van der Waals surface area contributed by atoms with E-state index in [4.69, 9.17) is 16.3 Å². The highest BCUT2D eigenvalue weighted by atomic mass is 35.5. The third-order valence-electron chi connectivity index (χ3n) is 5.29. The second kappa shape index (κ2) is 7.29. The van der Waals surface area contributed by atoms with Gasteiger partial charge in [-0.1, -0.05) is 23.7 Å². The van der Waals surface area contributed by atoms with Gasteiger partial charge in [0.1, 0.15) is 5.56 Å². The molecule has 1 amide bonds. The fourth-order valence-corrected chi connectivity index (χ4v) is 3.86. The van der Waals surface area contributed by atoms with E-state index in [0.717, 1.165) is 12.8 Å². The van der Waals surface area contributed by atoms with Gasteiger partial charge in [0.25, 0.3) is 5.91 Å². The van der Waals surface area contributed by atoms with Gasteiger partial charge in [-0.05, 0) is 43.5 Å². The van der Waals surface area contributed by atoms with Crippen LogP contribution in [0.4, 0.5) is 0 Å². The van der Waals surface area contributed by atoms with Crippen molar-refractivity contribution in [1.82, 2.24) is 19.9 Å². The number of carbonyl (C=O) groups excluding carboxylic acids is 1. The molecule has 3 aromatic rings. The molecule has 3 heterocycles. The van der Waals surface area contributed by atoms with E-state index in [1.54, 1.807) is 23.0 Å². The lowest BCUT2D eigenvalue weighted by Crippen LogP contribution is -2.44. The first-order valence-electron chi connectivity index (χ1n) is 9.01. The van der Waals surface area contributed by atoms with Gasteiger partial charge in [0.15, 0.2) is 5.65 Å². The van der Waals surface area contributed by atoms with Crippen molar-refractivity contribution < 1.29 is 9.53 Å². The van der Waals surface area contributed by atoms with Crippen LogP contribution in [0.15, 0.2) is 42.7 Å². The van der Waals surface area contributed by atoms with Gasteiger partial charge in [-0.3, -0.25) is 4.79 Å². The zero-order valence-electron chi connectivity index (χ0n) is 15.1. The minimum absolute atomic E-state index is 0.152. The second-order valence-electron chi connectivity index (χ2n) is 6.93. The summed E-state index contributed by atoms with van der Waals surface area (Å²) in [6.45, 7) is 3.71. The van der Waals surface area contributed by atoms with Crippen LogP contribution in [-0.4, -0.2) is 40.3 Å². The van der Waals surface area contributed by atoms with Crippen LogP contribution in [-0.2, 0) is 10.2 Å². The zero-order chi connectivity index (χ0) is 18.9. The van der Waals surface area contributed by atoms with Crippen LogP contribution in [0, 0.1) is 6.92 Å². The third-order valence-corrected chi connectivity index (χ3v) is 5.54. The normalized spacial score (nSPS) is 16.4. The maximum atomic E-state index is 13.0. The molecule has 1 fully saturated rings. The number of nitrogens with one attached hydrogen (secondary N) is 1. The minimum atomic E-state index is -0.164. The van der Waals surface area contributed by atoms with Gasteiger partial charge in [0, 0.05) is 42.6 Å². The van der Waals surface area contributed by atoms with Gasteiger partial charge in [-0.2, -0.15) is 5.10 Å². The van der Waals surface area contributed by atoms with Crippen LogP contribution in [0.2, 0.25) is 5.02 Å². The molecular weight excluding hydrogens is 364 g/mol. The molecule has 7 heteroatoms. The molecule has 1 aromatic carbocycles. The van der Waals surface area contributed by atoms with Gasteiger partial charge in [-0.25, -0.2) is 9.50 Å². The zero-order valence-corrected chi connectivity index (χ0v) is 15.9. The van der Waals surface area contributed by atoms with E-state index in [1.165, 1.54) is 5.56 Å². The van der Waals surface area contributed by atoms with Crippen molar-refractivity contribution in [2.75, 3.05) is 19.8 Å². The summed E-state index contributed by atoms with van der Waals surface area (Å²) in [7, 11) is 0. The predicted octanol–water partition coefficient (Wildman–Crippen LogP) is 3.17. The highest BCUT2D eigenvalue weighted by molar-refractivity contribution is 6.30. The number of amides is 1. The van der Waals surface area contributed by atoms with E-state index in [-0.39, 0.29) is 11.3 Å². The number of aryl methyl sites for hydroxylation is 1. The summed E-state index contributed by atoms with van der Waals surface area (Å²) in [5, 5.41) is 8.20. The fourth-order valence-electron chi connectivity index (χ4n) is 3.73. The molecule has 0 bridgehead atoms. The van der Waals surface area contributed by atoms with Crippen LogP contribution in [0.25, 0.3) is 5.65 Å². The molecule has 0 saturated carbocycles. The maximum absolute atomic E-state index is 13.0. The predicted molar refractivity (Wildman–Crippen MR) is 103 cm³/mol. The van der Waals surface area contributed by atoms with Gasteiger partial charge < -0.3 is 10.1 Å². The molecular formula is C20H21ClN4O2. The summed E-state index contributed by atoms with van der Waals surface area (Å²) in [6.07, 6.45) is 5.16. The second-order valence-corrected chi connectivity index (χ2v) is 7.37. The van der Waals surface area contributed by atoms with E-state index in [9.17, 15) is 4.79 Å².